The van der Waals surface area contributed by atoms with Gasteiger partial charge in [0.05, 0.1) is 13.2 Å². The van der Waals surface area contributed by atoms with Crippen LogP contribution in [0.3, 0.4) is 0 Å². The van der Waals surface area contributed by atoms with Gasteiger partial charge in [0.2, 0.25) is 0 Å². The predicted molar refractivity (Wildman–Crippen MR) is 80.4 cm³/mol. The lowest BCUT2D eigenvalue weighted by molar-refractivity contribution is 0.173. The third-order valence-electron chi connectivity index (χ3n) is 3.24. The van der Waals surface area contributed by atoms with E-state index in [4.69, 9.17) is 4.74 Å². The van der Waals surface area contributed by atoms with Crippen LogP contribution in [0.25, 0.3) is 16.8 Å². The zero-order chi connectivity index (χ0) is 13.8. The summed E-state index contributed by atoms with van der Waals surface area (Å²) in [6.45, 7) is 4.00. The van der Waals surface area contributed by atoms with E-state index in [-0.39, 0.29) is 5.92 Å². The number of ether oxygens (including phenoxy) is 1. The molecule has 0 aliphatic heterocycles. The highest BCUT2D eigenvalue weighted by Gasteiger charge is 2.03. The first-order chi connectivity index (χ1) is 9.10. The fourth-order valence-electron chi connectivity index (χ4n) is 1.90. The molecule has 2 aromatic carbocycles. The van der Waals surface area contributed by atoms with Crippen LogP contribution in [-0.2, 0) is 0 Å². The minimum absolute atomic E-state index is 0.237. The summed E-state index contributed by atoms with van der Waals surface area (Å²) in [5.41, 5.74) is 1.09. The van der Waals surface area contributed by atoms with E-state index in [2.05, 4.69) is 12.1 Å². The van der Waals surface area contributed by atoms with Gasteiger partial charge in [-0.2, -0.15) is 0 Å². The molecule has 0 amide bonds. The molecule has 2 heteroatoms. The molecule has 19 heavy (non-hydrogen) atoms. The first-order valence-electron chi connectivity index (χ1n) is 6.54. The van der Waals surface area contributed by atoms with Gasteiger partial charge in [-0.05, 0) is 40.5 Å². The SMILES string of the molecule is COc1ccc2cc(/C=C/C(O)C(C)C)ccc2c1. The summed E-state index contributed by atoms with van der Waals surface area (Å²) in [5.74, 6) is 1.10. The number of hydrogen-bond acceptors (Lipinski definition) is 2. The summed E-state index contributed by atoms with van der Waals surface area (Å²) in [6.07, 6.45) is 3.41. The lowest BCUT2D eigenvalue weighted by atomic mass is 10.0. The Hall–Kier alpha value is -1.80. The van der Waals surface area contributed by atoms with Crippen LogP contribution >= 0.6 is 0 Å². The van der Waals surface area contributed by atoms with Gasteiger partial charge in [-0.25, -0.2) is 0 Å². The lowest BCUT2D eigenvalue weighted by Crippen LogP contribution is -2.10. The van der Waals surface area contributed by atoms with Crippen molar-refractivity contribution >= 4 is 16.8 Å². The molecule has 0 aliphatic carbocycles. The van der Waals surface area contributed by atoms with E-state index < -0.39 is 6.10 Å². The first-order valence-corrected chi connectivity index (χ1v) is 6.54. The van der Waals surface area contributed by atoms with Crippen molar-refractivity contribution in [1.29, 1.82) is 0 Å². The molecule has 1 unspecified atom stereocenters. The molecule has 1 N–H and O–H groups in total. The lowest BCUT2D eigenvalue weighted by Gasteiger charge is -2.08. The number of rotatable bonds is 4. The zero-order valence-electron chi connectivity index (χ0n) is 11.6. The van der Waals surface area contributed by atoms with Crippen LogP contribution in [0, 0.1) is 5.92 Å². The molecule has 0 saturated carbocycles. The quantitative estimate of drug-likeness (QED) is 0.899. The minimum Gasteiger partial charge on any atom is -0.497 e. The molecule has 0 bridgehead atoms. The molecule has 0 fully saturated rings. The van der Waals surface area contributed by atoms with Crippen LogP contribution in [-0.4, -0.2) is 18.3 Å². The van der Waals surface area contributed by atoms with E-state index in [1.165, 1.54) is 5.39 Å². The number of aliphatic hydroxyl groups is 1. The number of methoxy groups -OCH3 is 1. The summed E-state index contributed by atoms with van der Waals surface area (Å²) < 4.78 is 5.21. The summed E-state index contributed by atoms with van der Waals surface area (Å²) >= 11 is 0. The van der Waals surface area contributed by atoms with Crippen molar-refractivity contribution in [2.24, 2.45) is 5.92 Å². The normalized spacial score (nSPS) is 13.3. The highest BCUT2D eigenvalue weighted by Crippen LogP contribution is 2.22. The smallest absolute Gasteiger partial charge is 0.119 e. The van der Waals surface area contributed by atoms with E-state index in [1.54, 1.807) is 7.11 Å². The summed E-state index contributed by atoms with van der Waals surface area (Å²) in [7, 11) is 1.67. The summed E-state index contributed by atoms with van der Waals surface area (Å²) in [6, 6.07) is 12.2. The highest BCUT2D eigenvalue weighted by molar-refractivity contribution is 5.86. The topological polar surface area (TPSA) is 29.5 Å². The van der Waals surface area contributed by atoms with Crippen molar-refractivity contribution in [3.63, 3.8) is 0 Å². The Morgan fingerprint density at radius 3 is 2.42 bits per heavy atom. The van der Waals surface area contributed by atoms with E-state index >= 15 is 0 Å². The van der Waals surface area contributed by atoms with E-state index in [0.29, 0.717) is 0 Å². The van der Waals surface area contributed by atoms with Crippen molar-refractivity contribution < 1.29 is 9.84 Å². The van der Waals surface area contributed by atoms with Gasteiger partial charge < -0.3 is 9.84 Å². The Labute approximate surface area is 114 Å². The standard InChI is InChI=1S/C17H20O2/c1-12(2)17(18)9-5-13-4-6-15-11-16(19-3)8-7-14(15)10-13/h4-12,17-18H,1-3H3/b9-5+. The molecule has 0 aliphatic rings. The van der Waals surface area contributed by atoms with Gasteiger partial charge >= 0.3 is 0 Å². The van der Waals surface area contributed by atoms with Gasteiger partial charge in [-0.1, -0.05) is 44.2 Å². The Kier molecular flexibility index (Phi) is 4.23. The maximum atomic E-state index is 9.77. The largest absolute Gasteiger partial charge is 0.497 e. The van der Waals surface area contributed by atoms with E-state index in [1.807, 2.05) is 50.3 Å². The number of fused-ring (bicyclic) bond motifs is 1. The molecule has 1 atom stereocenters. The van der Waals surface area contributed by atoms with Crippen molar-refractivity contribution in [3.8, 4) is 5.75 Å². The molecular weight excluding hydrogens is 236 g/mol. The Bertz CT molecular complexity index is 585. The third kappa shape index (κ3) is 3.36. The second-order valence-electron chi connectivity index (χ2n) is 5.07. The van der Waals surface area contributed by atoms with Crippen molar-refractivity contribution in [2.45, 2.75) is 20.0 Å². The van der Waals surface area contributed by atoms with E-state index in [0.717, 1.165) is 16.7 Å². The summed E-state index contributed by atoms with van der Waals surface area (Å²) in [4.78, 5) is 0. The van der Waals surface area contributed by atoms with Gasteiger partial charge in [0.25, 0.3) is 0 Å². The van der Waals surface area contributed by atoms with Crippen LogP contribution in [0.1, 0.15) is 19.4 Å². The molecule has 2 aromatic rings. The zero-order valence-corrected chi connectivity index (χ0v) is 11.6. The fraction of sp³-hybridized carbons (Fsp3) is 0.294. The van der Waals surface area contributed by atoms with E-state index in [9.17, 15) is 5.11 Å². The van der Waals surface area contributed by atoms with Crippen LogP contribution in [0.4, 0.5) is 0 Å². The Balaban J connectivity index is 2.27. The number of hydrogen-bond donors (Lipinski definition) is 1. The molecular formula is C17H20O2. The van der Waals surface area contributed by atoms with Gasteiger partial charge in [0, 0.05) is 0 Å². The van der Waals surface area contributed by atoms with Crippen molar-refractivity contribution in [2.75, 3.05) is 7.11 Å². The maximum Gasteiger partial charge on any atom is 0.119 e. The third-order valence-corrected chi connectivity index (χ3v) is 3.24. The van der Waals surface area contributed by atoms with Crippen molar-refractivity contribution in [3.05, 3.63) is 48.0 Å². The van der Waals surface area contributed by atoms with Crippen LogP contribution in [0.5, 0.6) is 5.75 Å². The predicted octanol–water partition coefficient (Wildman–Crippen LogP) is 3.88. The molecule has 0 radical (unpaired) electrons. The molecule has 0 saturated heterocycles. The van der Waals surface area contributed by atoms with Gasteiger partial charge in [-0.15, -0.1) is 0 Å². The monoisotopic (exact) mass is 256 g/mol. The first kappa shape index (κ1) is 13.6. The minimum atomic E-state index is -0.397. The van der Waals surface area contributed by atoms with Gasteiger partial charge in [0.1, 0.15) is 5.75 Å². The Morgan fingerprint density at radius 1 is 1.05 bits per heavy atom. The summed E-state index contributed by atoms with van der Waals surface area (Å²) in [5, 5.41) is 12.1. The Morgan fingerprint density at radius 2 is 1.74 bits per heavy atom. The van der Waals surface area contributed by atoms with Gasteiger partial charge in [0.15, 0.2) is 0 Å². The average molecular weight is 256 g/mol. The second kappa shape index (κ2) is 5.89. The van der Waals surface area contributed by atoms with Crippen LogP contribution < -0.4 is 4.74 Å². The maximum absolute atomic E-state index is 9.77. The van der Waals surface area contributed by atoms with Crippen LogP contribution in [0.15, 0.2) is 42.5 Å². The molecule has 100 valence electrons. The number of benzene rings is 2. The van der Waals surface area contributed by atoms with Crippen LogP contribution in [0.2, 0.25) is 0 Å². The molecule has 2 rings (SSSR count). The molecule has 0 aromatic heterocycles. The molecule has 2 nitrogen and oxygen atoms in total. The molecule has 0 heterocycles. The average Bonchev–Trinajstić information content (AvgIpc) is 2.43. The number of aliphatic hydroxyl groups excluding tert-OH is 1. The second-order valence-corrected chi connectivity index (χ2v) is 5.07. The van der Waals surface area contributed by atoms with Gasteiger partial charge in [-0.3, -0.25) is 0 Å². The highest BCUT2D eigenvalue weighted by atomic mass is 16.5. The molecule has 0 spiro atoms. The fourth-order valence-corrected chi connectivity index (χ4v) is 1.90. The van der Waals surface area contributed by atoms with Crippen molar-refractivity contribution in [1.82, 2.24) is 0 Å².